The number of Topliss-reactive ketones (excluding diaryl/α,β-unsaturated/α-hetero) is 1. The van der Waals surface area contributed by atoms with Gasteiger partial charge in [0.05, 0.1) is 17.5 Å². The summed E-state index contributed by atoms with van der Waals surface area (Å²) in [5.74, 6) is -0.819. The molecule has 8 heteroatoms. The lowest BCUT2D eigenvalue weighted by Gasteiger charge is -2.17. The van der Waals surface area contributed by atoms with Gasteiger partial charge < -0.3 is 14.0 Å². The fraction of sp³-hybridized carbons (Fsp3) is 0.350. The van der Waals surface area contributed by atoms with Crippen molar-refractivity contribution in [3.05, 3.63) is 51.6 Å². The molecular weight excluding hydrogens is 396 g/mol. The van der Waals surface area contributed by atoms with Gasteiger partial charge >= 0.3 is 5.97 Å². The van der Waals surface area contributed by atoms with Crippen LogP contribution in [0.4, 0.5) is 0 Å². The van der Waals surface area contributed by atoms with Crippen molar-refractivity contribution in [1.29, 1.82) is 0 Å². The van der Waals surface area contributed by atoms with Crippen LogP contribution in [0.3, 0.4) is 0 Å². The van der Waals surface area contributed by atoms with Gasteiger partial charge in [-0.15, -0.1) is 22.7 Å². The van der Waals surface area contributed by atoms with Crippen LogP contribution in [-0.4, -0.2) is 41.6 Å². The summed E-state index contributed by atoms with van der Waals surface area (Å²) < 4.78 is 12.5. The highest BCUT2D eigenvalue weighted by atomic mass is 32.1. The number of thiazole rings is 1. The summed E-state index contributed by atoms with van der Waals surface area (Å²) in [5.41, 5.74) is 2.60. The first-order chi connectivity index (χ1) is 13.4. The zero-order valence-corrected chi connectivity index (χ0v) is 17.9. The molecule has 0 radical (unpaired) electrons. The summed E-state index contributed by atoms with van der Waals surface area (Å²) in [7, 11) is 1.65. The molecule has 0 aliphatic rings. The van der Waals surface area contributed by atoms with E-state index in [1.807, 2.05) is 44.4 Å². The zero-order valence-electron chi connectivity index (χ0n) is 16.2. The molecule has 0 N–H and O–H groups in total. The molecule has 3 heterocycles. The van der Waals surface area contributed by atoms with Crippen molar-refractivity contribution in [2.75, 3.05) is 20.3 Å². The Balaban J connectivity index is 1.66. The number of nitrogens with zero attached hydrogens (tertiary/aromatic N) is 2. The van der Waals surface area contributed by atoms with Gasteiger partial charge in [0.2, 0.25) is 5.78 Å². The first kappa shape index (κ1) is 20.4. The Kier molecular flexibility index (Phi) is 6.43. The number of carbonyl (C=O) groups excluding carboxylic acids is 2. The van der Waals surface area contributed by atoms with Crippen molar-refractivity contribution in [2.45, 2.75) is 26.8 Å². The van der Waals surface area contributed by atoms with Crippen LogP contribution in [0.2, 0.25) is 0 Å². The summed E-state index contributed by atoms with van der Waals surface area (Å²) in [6.45, 7) is 6.11. The number of ketones is 1. The standard InChI is InChI=1S/C20H22N2O4S2/c1-12-8-15(14(3)22(12)13(2)9-25-4)17(23)10-26-20(24)16-11-28-19(21-16)18-6-5-7-27-18/h5-8,11,13H,9-10H2,1-4H3/t13-/m0/s1. The van der Waals surface area contributed by atoms with E-state index in [4.69, 9.17) is 9.47 Å². The molecule has 28 heavy (non-hydrogen) atoms. The highest BCUT2D eigenvalue weighted by molar-refractivity contribution is 7.20. The van der Waals surface area contributed by atoms with Crippen LogP contribution in [0.1, 0.15) is 45.2 Å². The molecule has 0 unspecified atom stereocenters. The lowest BCUT2D eigenvalue weighted by atomic mass is 10.1. The van der Waals surface area contributed by atoms with Crippen molar-refractivity contribution in [3.63, 3.8) is 0 Å². The molecule has 1 atom stereocenters. The molecule has 0 aromatic carbocycles. The largest absolute Gasteiger partial charge is 0.453 e. The molecule has 148 valence electrons. The fourth-order valence-electron chi connectivity index (χ4n) is 3.22. The van der Waals surface area contributed by atoms with Crippen LogP contribution in [-0.2, 0) is 9.47 Å². The van der Waals surface area contributed by atoms with Crippen molar-refractivity contribution in [2.24, 2.45) is 0 Å². The minimum atomic E-state index is -0.589. The highest BCUT2D eigenvalue weighted by Crippen LogP contribution is 2.28. The Hall–Kier alpha value is -2.29. The quantitative estimate of drug-likeness (QED) is 0.397. The predicted molar refractivity (Wildman–Crippen MR) is 111 cm³/mol. The first-order valence-electron chi connectivity index (χ1n) is 8.79. The highest BCUT2D eigenvalue weighted by Gasteiger charge is 2.21. The van der Waals surface area contributed by atoms with Crippen LogP contribution in [0.15, 0.2) is 29.0 Å². The molecular formula is C20H22N2O4S2. The van der Waals surface area contributed by atoms with Crippen molar-refractivity contribution >= 4 is 34.4 Å². The minimum absolute atomic E-state index is 0.111. The SMILES string of the molecule is COC[C@H](C)n1c(C)cc(C(=O)COC(=O)c2csc(-c3cccs3)n2)c1C. The van der Waals surface area contributed by atoms with E-state index in [9.17, 15) is 9.59 Å². The van der Waals surface area contributed by atoms with Crippen LogP contribution in [0.25, 0.3) is 9.88 Å². The molecule has 3 rings (SSSR count). The van der Waals surface area contributed by atoms with Gasteiger partial charge in [-0.1, -0.05) is 6.07 Å². The topological polar surface area (TPSA) is 70.4 Å². The number of methoxy groups -OCH3 is 1. The van der Waals surface area contributed by atoms with E-state index in [-0.39, 0.29) is 24.1 Å². The molecule has 0 spiro atoms. The summed E-state index contributed by atoms with van der Waals surface area (Å²) in [6.07, 6.45) is 0. The first-order valence-corrected chi connectivity index (χ1v) is 10.6. The molecule has 0 aliphatic heterocycles. The normalized spacial score (nSPS) is 12.1. The number of rotatable bonds is 8. The Labute approximate surface area is 171 Å². The average molecular weight is 419 g/mol. The van der Waals surface area contributed by atoms with E-state index in [0.717, 1.165) is 21.3 Å². The number of hydrogen-bond acceptors (Lipinski definition) is 7. The van der Waals surface area contributed by atoms with E-state index in [2.05, 4.69) is 9.55 Å². The second-order valence-electron chi connectivity index (χ2n) is 6.47. The lowest BCUT2D eigenvalue weighted by Crippen LogP contribution is -2.17. The van der Waals surface area contributed by atoms with Gasteiger partial charge in [0.15, 0.2) is 12.3 Å². The Morgan fingerprint density at radius 3 is 2.75 bits per heavy atom. The Morgan fingerprint density at radius 2 is 2.07 bits per heavy atom. The number of aromatic nitrogens is 2. The van der Waals surface area contributed by atoms with Gasteiger partial charge in [-0.3, -0.25) is 4.79 Å². The maximum absolute atomic E-state index is 12.6. The number of thiophene rings is 1. The smallest absolute Gasteiger partial charge is 0.358 e. The average Bonchev–Trinajstić information content (AvgIpc) is 3.39. The summed E-state index contributed by atoms with van der Waals surface area (Å²) in [5, 5.41) is 4.38. The molecule has 0 aliphatic carbocycles. The van der Waals surface area contributed by atoms with Gasteiger partial charge in [0.1, 0.15) is 5.01 Å². The number of esters is 1. The van der Waals surface area contributed by atoms with Gasteiger partial charge in [-0.05, 0) is 38.3 Å². The fourth-order valence-corrected chi connectivity index (χ4v) is 4.82. The molecule has 0 fully saturated rings. The third-order valence-corrected chi connectivity index (χ3v) is 6.29. The van der Waals surface area contributed by atoms with E-state index >= 15 is 0 Å². The molecule has 0 saturated heterocycles. The molecule has 3 aromatic heterocycles. The summed E-state index contributed by atoms with van der Waals surface area (Å²) in [4.78, 5) is 30.2. The van der Waals surface area contributed by atoms with E-state index in [0.29, 0.717) is 12.2 Å². The van der Waals surface area contributed by atoms with Crippen molar-refractivity contribution in [1.82, 2.24) is 9.55 Å². The predicted octanol–water partition coefficient (Wildman–Crippen LogP) is 4.54. The lowest BCUT2D eigenvalue weighted by molar-refractivity contribution is 0.0469. The third-order valence-electron chi connectivity index (χ3n) is 4.41. The second kappa shape index (κ2) is 8.81. The van der Waals surface area contributed by atoms with Gasteiger partial charge in [0, 0.05) is 29.4 Å². The van der Waals surface area contributed by atoms with Gasteiger partial charge in [-0.25, -0.2) is 9.78 Å². The molecule has 0 amide bonds. The van der Waals surface area contributed by atoms with Gasteiger partial charge in [-0.2, -0.15) is 0 Å². The minimum Gasteiger partial charge on any atom is -0.453 e. The van der Waals surface area contributed by atoms with Crippen LogP contribution < -0.4 is 0 Å². The van der Waals surface area contributed by atoms with E-state index < -0.39 is 5.97 Å². The van der Waals surface area contributed by atoms with E-state index in [1.165, 1.54) is 11.3 Å². The number of hydrogen-bond donors (Lipinski definition) is 0. The number of carbonyl (C=O) groups is 2. The van der Waals surface area contributed by atoms with Crippen LogP contribution >= 0.6 is 22.7 Å². The maximum atomic E-state index is 12.6. The second-order valence-corrected chi connectivity index (χ2v) is 8.28. The van der Waals surface area contributed by atoms with Crippen molar-refractivity contribution in [3.8, 4) is 9.88 Å². The monoisotopic (exact) mass is 418 g/mol. The number of ether oxygens (including phenoxy) is 2. The van der Waals surface area contributed by atoms with Gasteiger partial charge in [0.25, 0.3) is 0 Å². The summed E-state index contributed by atoms with van der Waals surface area (Å²) >= 11 is 2.94. The summed E-state index contributed by atoms with van der Waals surface area (Å²) in [6, 6.07) is 5.82. The number of aryl methyl sites for hydroxylation is 1. The molecule has 3 aromatic rings. The maximum Gasteiger partial charge on any atom is 0.358 e. The Bertz CT molecular complexity index is 973. The molecule has 0 saturated carbocycles. The molecule has 0 bridgehead atoms. The third kappa shape index (κ3) is 4.24. The molecule has 6 nitrogen and oxygen atoms in total. The Morgan fingerprint density at radius 1 is 1.29 bits per heavy atom. The van der Waals surface area contributed by atoms with Crippen LogP contribution in [0.5, 0.6) is 0 Å². The van der Waals surface area contributed by atoms with Crippen LogP contribution in [0, 0.1) is 13.8 Å². The van der Waals surface area contributed by atoms with Crippen molar-refractivity contribution < 1.29 is 19.1 Å². The van der Waals surface area contributed by atoms with E-state index in [1.54, 1.807) is 23.8 Å². The zero-order chi connectivity index (χ0) is 20.3.